The summed E-state index contributed by atoms with van der Waals surface area (Å²) >= 11 is 0. The maximum atomic E-state index is 13.3. The van der Waals surface area contributed by atoms with Crippen LogP contribution < -0.4 is 0 Å². The Kier molecular flexibility index (Phi) is 5.78. The fourth-order valence-electron chi connectivity index (χ4n) is 8.22. The number of fused-ring (bicyclic) bond motifs is 5. The number of ether oxygens (including phenoxy) is 2. The van der Waals surface area contributed by atoms with Gasteiger partial charge in [0.1, 0.15) is 5.60 Å². The van der Waals surface area contributed by atoms with Gasteiger partial charge in [-0.15, -0.1) is 0 Å². The molecule has 8 atom stereocenters. The SMILES string of the molecule is COC(C)O[C@]1(C(=O)C(O)O)C(C)C[C@H]2[C@@H]3CCC4=CC(=O)CC[C@]4(C)[C@H]3CC[C@@]21C. The fourth-order valence-corrected chi connectivity index (χ4v) is 8.22. The lowest BCUT2D eigenvalue weighted by Crippen LogP contribution is -2.63. The molecule has 0 aromatic carbocycles. The summed E-state index contributed by atoms with van der Waals surface area (Å²) in [5.74, 6) is 0.636. The van der Waals surface area contributed by atoms with E-state index in [9.17, 15) is 19.8 Å². The van der Waals surface area contributed by atoms with Gasteiger partial charge in [0.2, 0.25) is 12.1 Å². The van der Waals surface area contributed by atoms with Crippen molar-refractivity contribution in [1.29, 1.82) is 0 Å². The summed E-state index contributed by atoms with van der Waals surface area (Å²) in [5.41, 5.74) is -0.417. The summed E-state index contributed by atoms with van der Waals surface area (Å²) in [6.07, 6.45) is 5.25. The molecule has 0 heterocycles. The summed E-state index contributed by atoms with van der Waals surface area (Å²) in [5, 5.41) is 19.9. The van der Waals surface area contributed by atoms with Gasteiger partial charge in [0, 0.05) is 18.9 Å². The average Bonchev–Trinajstić information content (AvgIpc) is 2.95. The molecule has 6 heteroatoms. The lowest BCUT2D eigenvalue weighted by molar-refractivity contribution is -0.251. The second-order valence-electron chi connectivity index (χ2n) is 11.0. The van der Waals surface area contributed by atoms with Crippen molar-refractivity contribution in [3.05, 3.63) is 11.6 Å². The highest BCUT2D eigenvalue weighted by Crippen LogP contribution is 2.69. The molecule has 4 aliphatic rings. The number of aliphatic hydroxyl groups is 2. The van der Waals surface area contributed by atoms with Crippen molar-refractivity contribution < 1.29 is 29.3 Å². The lowest BCUT2D eigenvalue weighted by atomic mass is 9.46. The monoisotopic (exact) mass is 434 g/mol. The maximum Gasteiger partial charge on any atom is 0.220 e. The number of allylic oxidation sites excluding steroid dienone is 1. The largest absolute Gasteiger partial charge is 0.362 e. The van der Waals surface area contributed by atoms with E-state index in [-0.39, 0.29) is 23.0 Å². The maximum absolute atomic E-state index is 13.3. The van der Waals surface area contributed by atoms with Crippen LogP contribution in [0.15, 0.2) is 11.6 Å². The van der Waals surface area contributed by atoms with Crippen LogP contribution in [0.4, 0.5) is 0 Å². The third-order valence-electron chi connectivity index (χ3n) is 9.79. The van der Waals surface area contributed by atoms with Crippen LogP contribution in [-0.2, 0) is 19.1 Å². The molecule has 0 saturated heterocycles. The van der Waals surface area contributed by atoms with Crippen molar-refractivity contribution in [2.45, 2.75) is 90.8 Å². The molecule has 0 aromatic heterocycles. The van der Waals surface area contributed by atoms with Crippen molar-refractivity contribution in [3.63, 3.8) is 0 Å². The van der Waals surface area contributed by atoms with Crippen LogP contribution in [0.2, 0.25) is 0 Å². The van der Waals surface area contributed by atoms with Crippen LogP contribution in [0.1, 0.15) is 72.6 Å². The summed E-state index contributed by atoms with van der Waals surface area (Å²) in [6.45, 7) is 8.22. The van der Waals surface area contributed by atoms with Gasteiger partial charge in [-0.25, -0.2) is 0 Å². The van der Waals surface area contributed by atoms with Crippen LogP contribution in [0.25, 0.3) is 0 Å². The third kappa shape index (κ3) is 3.12. The molecule has 6 nitrogen and oxygen atoms in total. The first-order valence-electron chi connectivity index (χ1n) is 11.9. The van der Waals surface area contributed by atoms with Crippen LogP contribution in [0.5, 0.6) is 0 Å². The second kappa shape index (κ2) is 7.75. The molecule has 0 aliphatic heterocycles. The van der Waals surface area contributed by atoms with Gasteiger partial charge < -0.3 is 19.7 Å². The van der Waals surface area contributed by atoms with E-state index in [1.165, 1.54) is 12.7 Å². The van der Waals surface area contributed by atoms with E-state index >= 15 is 0 Å². The molecule has 2 unspecified atom stereocenters. The van der Waals surface area contributed by atoms with Crippen LogP contribution in [0.3, 0.4) is 0 Å². The smallest absolute Gasteiger partial charge is 0.220 e. The van der Waals surface area contributed by atoms with Gasteiger partial charge in [-0.2, -0.15) is 0 Å². The van der Waals surface area contributed by atoms with Crippen LogP contribution in [-0.4, -0.2) is 47.1 Å². The van der Waals surface area contributed by atoms with E-state index in [1.54, 1.807) is 6.92 Å². The number of hydrogen-bond donors (Lipinski definition) is 2. The number of methoxy groups -OCH3 is 1. The highest BCUT2D eigenvalue weighted by molar-refractivity contribution is 5.92. The molecular formula is C25H38O6. The first-order chi connectivity index (χ1) is 14.5. The van der Waals surface area contributed by atoms with Gasteiger partial charge in [-0.3, -0.25) is 9.59 Å². The Morgan fingerprint density at radius 3 is 2.52 bits per heavy atom. The number of carbonyl (C=O) groups excluding carboxylic acids is 2. The zero-order chi connectivity index (χ0) is 22.8. The zero-order valence-corrected chi connectivity index (χ0v) is 19.5. The molecule has 0 aromatic rings. The first kappa shape index (κ1) is 23.1. The quantitative estimate of drug-likeness (QED) is 0.645. The van der Waals surface area contributed by atoms with Crippen LogP contribution in [0, 0.1) is 34.5 Å². The molecule has 31 heavy (non-hydrogen) atoms. The fraction of sp³-hybridized carbons (Fsp3) is 0.840. The van der Waals surface area contributed by atoms with Crippen molar-refractivity contribution in [2.75, 3.05) is 7.11 Å². The average molecular weight is 435 g/mol. The molecule has 0 spiro atoms. The summed E-state index contributed by atoms with van der Waals surface area (Å²) < 4.78 is 11.7. The number of hydrogen-bond acceptors (Lipinski definition) is 6. The molecule has 0 amide bonds. The third-order valence-corrected chi connectivity index (χ3v) is 9.79. The summed E-state index contributed by atoms with van der Waals surface area (Å²) in [4.78, 5) is 25.4. The van der Waals surface area contributed by atoms with E-state index < -0.39 is 29.4 Å². The zero-order valence-electron chi connectivity index (χ0n) is 19.5. The Morgan fingerprint density at radius 1 is 1.16 bits per heavy atom. The van der Waals surface area contributed by atoms with Gasteiger partial charge in [-0.1, -0.05) is 26.3 Å². The highest BCUT2D eigenvalue weighted by Gasteiger charge is 2.71. The standard InChI is InChI=1S/C25H38O6/c1-14-12-20-18-7-6-16-13-17(26)8-10-23(16,3)19(18)9-11-24(20,4)25(14,21(27)22(28)29)31-15(2)30-5/h13-15,18-20,22,28-29H,6-12H2,1-5H3/t14?,15?,18-,19+,20+,23+,24+,25+/m1/s1. The molecule has 174 valence electrons. The van der Waals surface area contributed by atoms with Gasteiger partial charge in [0.05, 0.1) is 0 Å². The van der Waals surface area contributed by atoms with E-state index in [1.807, 2.05) is 13.0 Å². The Bertz CT molecular complexity index is 789. The van der Waals surface area contributed by atoms with Crippen molar-refractivity contribution >= 4 is 11.6 Å². The Hall–Kier alpha value is -1.08. The summed E-state index contributed by atoms with van der Waals surface area (Å²) in [6, 6.07) is 0. The second-order valence-corrected chi connectivity index (χ2v) is 11.0. The van der Waals surface area contributed by atoms with Gasteiger partial charge in [0.25, 0.3) is 0 Å². The Morgan fingerprint density at radius 2 is 1.87 bits per heavy atom. The molecular weight excluding hydrogens is 396 g/mol. The Balaban J connectivity index is 1.74. The van der Waals surface area contributed by atoms with E-state index in [0.717, 1.165) is 38.5 Å². The predicted octanol–water partition coefficient (Wildman–Crippen LogP) is 3.39. The van der Waals surface area contributed by atoms with E-state index in [2.05, 4.69) is 13.8 Å². The Labute approximate surface area is 185 Å². The minimum absolute atomic E-state index is 0.0494. The normalized spacial score (nSPS) is 45.5. The molecule has 0 bridgehead atoms. The number of ketones is 2. The van der Waals surface area contributed by atoms with Crippen LogP contribution >= 0.6 is 0 Å². The molecule has 0 radical (unpaired) electrons. The van der Waals surface area contributed by atoms with Crippen molar-refractivity contribution in [2.24, 2.45) is 34.5 Å². The van der Waals surface area contributed by atoms with Gasteiger partial charge in [0.15, 0.2) is 12.1 Å². The predicted molar refractivity (Wildman–Crippen MR) is 115 cm³/mol. The number of carbonyl (C=O) groups is 2. The van der Waals surface area contributed by atoms with Crippen molar-refractivity contribution in [1.82, 2.24) is 0 Å². The molecule has 3 fully saturated rings. The molecule has 2 N–H and O–H groups in total. The number of Topliss-reactive ketones (excluding diaryl/α,β-unsaturated/α-hetero) is 1. The lowest BCUT2D eigenvalue weighted by Gasteiger charge is -2.59. The number of rotatable bonds is 5. The molecule has 4 aliphatic carbocycles. The highest BCUT2D eigenvalue weighted by atomic mass is 16.7. The molecule has 3 saturated carbocycles. The van der Waals surface area contributed by atoms with E-state index in [0.29, 0.717) is 18.3 Å². The number of aliphatic hydroxyl groups excluding tert-OH is 1. The minimum Gasteiger partial charge on any atom is -0.362 e. The topological polar surface area (TPSA) is 93.1 Å². The van der Waals surface area contributed by atoms with Crippen molar-refractivity contribution in [3.8, 4) is 0 Å². The minimum atomic E-state index is -2.07. The molecule has 4 rings (SSSR count). The van der Waals surface area contributed by atoms with Gasteiger partial charge in [-0.05, 0) is 80.6 Å². The van der Waals surface area contributed by atoms with Gasteiger partial charge >= 0.3 is 0 Å². The van der Waals surface area contributed by atoms with E-state index in [4.69, 9.17) is 9.47 Å². The first-order valence-corrected chi connectivity index (χ1v) is 11.9. The summed E-state index contributed by atoms with van der Waals surface area (Å²) in [7, 11) is 1.54.